The predicted molar refractivity (Wildman–Crippen MR) is 91.5 cm³/mol. The zero-order chi connectivity index (χ0) is 18.0. The number of amides is 1. The van der Waals surface area contributed by atoms with Gasteiger partial charge >= 0.3 is 5.97 Å². The van der Waals surface area contributed by atoms with Crippen LogP contribution >= 0.6 is 0 Å². The molecule has 6 nitrogen and oxygen atoms in total. The summed E-state index contributed by atoms with van der Waals surface area (Å²) in [5.41, 5.74) is 3.89. The number of benzene rings is 1. The lowest BCUT2D eigenvalue weighted by molar-refractivity contribution is -0.130. The topological polar surface area (TPSA) is 77.5 Å². The van der Waals surface area contributed by atoms with Crippen LogP contribution < -0.4 is 10.1 Å². The summed E-state index contributed by atoms with van der Waals surface area (Å²) >= 11 is 0. The normalized spacial score (nSPS) is 16.0. The van der Waals surface area contributed by atoms with Crippen LogP contribution in [-0.2, 0) is 22.5 Å². The number of aryl methyl sites for hydroxylation is 1. The first kappa shape index (κ1) is 17.0. The van der Waals surface area contributed by atoms with Gasteiger partial charge in [0.05, 0.1) is 24.9 Å². The predicted octanol–water partition coefficient (Wildman–Crippen LogP) is 2.10. The van der Waals surface area contributed by atoms with E-state index < -0.39 is 12.1 Å². The van der Waals surface area contributed by atoms with Crippen molar-refractivity contribution in [2.75, 3.05) is 7.11 Å². The van der Waals surface area contributed by atoms with E-state index in [2.05, 4.69) is 10.3 Å². The van der Waals surface area contributed by atoms with Gasteiger partial charge in [0.2, 0.25) is 0 Å². The lowest BCUT2D eigenvalue weighted by Crippen LogP contribution is -2.41. The second-order valence-corrected chi connectivity index (χ2v) is 6.02. The highest BCUT2D eigenvalue weighted by Crippen LogP contribution is 2.24. The number of carbonyl (C=O) groups is 2. The van der Waals surface area contributed by atoms with Crippen LogP contribution in [0.1, 0.15) is 32.7 Å². The van der Waals surface area contributed by atoms with Crippen LogP contribution in [0.5, 0.6) is 5.75 Å². The SMILES string of the molecule is COc1c(C)cnc(CNC(=O)[C@H]2Cc3ccccc3C(=O)O2)c1C. The van der Waals surface area contributed by atoms with Gasteiger partial charge in [-0.15, -0.1) is 0 Å². The van der Waals surface area contributed by atoms with Crippen molar-refractivity contribution in [2.24, 2.45) is 0 Å². The molecular formula is C19H20N2O4. The van der Waals surface area contributed by atoms with Crippen molar-refractivity contribution < 1.29 is 19.1 Å². The maximum absolute atomic E-state index is 12.4. The highest BCUT2D eigenvalue weighted by Gasteiger charge is 2.31. The maximum Gasteiger partial charge on any atom is 0.339 e. The van der Waals surface area contributed by atoms with E-state index in [0.717, 1.165) is 28.1 Å². The molecule has 130 valence electrons. The zero-order valence-corrected chi connectivity index (χ0v) is 14.5. The van der Waals surface area contributed by atoms with E-state index in [1.165, 1.54) is 0 Å². The quantitative estimate of drug-likeness (QED) is 0.863. The number of fused-ring (bicyclic) bond motifs is 1. The molecule has 0 unspecified atom stereocenters. The van der Waals surface area contributed by atoms with Crippen LogP contribution in [-0.4, -0.2) is 30.1 Å². The van der Waals surface area contributed by atoms with Crippen molar-refractivity contribution in [3.8, 4) is 5.75 Å². The minimum Gasteiger partial charge on any atom is -0.496 e. The molecule has 2 aromatic rings. The van der Waals surface area contributed by atoms with Gasteiger partial charge < -0.3 is 14.8 Å². The number of pyridine rings is 1. The number of ether oxygens (including phenoxy) is 2. The lowest BCUT2D eigenvalue weighted by Gasteiger charge is -2.24. The van der Waals surface area contributed by atoms with Gasteiger partial charge in [0, 0.05) is 23.7 Å². The van der Waals surface area contributed by atoms with Gasteiger partial charge in [-0.25, -0.2) is 4.79 Å². The summed E-state index contributed by atoms with van der Waals surface area (Å²) in [6, 6.07) is 7.17. The van der Waals surface area contributed by atoms with Gasteiger partial charge in [-0.05, 0) is 25.5 Å². The van der Waals surface area contributed by atoms with E-state index in [0.29, 0.717) is 12.0 Å². The molecule has 0 saturated carbocycles. The van der Waals surface area contributed by atoms with Crippen LogP contribution in [0.2, 0.25) is 0 Å². The monoisotopic (exact) mass is 340 g/mol. The molecule has 0 fully saturated rings. The molecule has 0 aliphatic carbocycles. The smallest absolute Gasteiger partial charge is 0.339 e. The fourth-order valence-electron chi connectivity index (χ4n) is 3.01. The van der Waals surface area contributed by atoms with Crippen molar-refractivity contribution in [2.45, 2.75) is 32.9 Å². The Morgan fingerprint density at radius 1 is 1.36 bits per heavy atom. The van der Waals surface area contributed by atoms with Gasteiger partial charge in [0.15, 0.2) is 6.10 Å². The van der Waals surface area contributed by atoms with E-state index >= 15 is 0 Å². The lowest BCUT2D eigenvalue weighted by atomic mass is 9.98. The molecule has 2 heterocycles. The first-order chi connectivity index (χ1) is 12.0. The second-order valence-electron chi connectivity index (χ2n) is 6.02. The molecule has 6 heteroatoms. The summed E-state index contributed by atoms with van der Waals surface area (Å²) in [5.74, 6) is -0.0332. The highest BCUT2D eigenvalue weighted by molar-refractivity contribution is 5.95. The van der Waals surface area contributed by atoms with Gasteiger partial charge in [-0.3, -0.25) is 9.78 Å². The van der Waals surface area contributed by atoms with Crippen molar-refractivity contribution in [1.82, 2.24) is 10.3 Å². The molecule has 3 rings (SSSR count). The summed E-state index contributed by atoms with van der Waals surface area (Å²) in [6.07, 6.45) is 1.26. The average molecular weight is 340 g/mol. The van der Waals surface area contributed by atoms with E-state index in [9.17, 15) is 9.59 Å². The minimum absolute atomic E-state index is 0.247. The molecule has 1 aliphatic rings. The Morgan fingerprint density at radius 2 is 2.12 bits per heavy atom. The largest absolute Gasteiger partial charge is 0.496 e. The number of nitrogens with one attached hydrogen (secondary N) is 1. The van der Waals surface area contributed by atoms with E-state index in [1.807, 2.05) is 26.0 Å². The summed E-state index contributed by atoms with van der Waals surface area (Å²) in [7, 11) is 1.61. The number of rotatable bonds is 4. The molecule has 0 spiro atoms. The minimum atomic E-state index is -0.824. The number of hydrogen-bond donors (Lipinski definition) is 1. The molecule has 1 amide bonds. The van der Waals surface area contributed by atoms with Crippen LogP contribution in [0, 0.1) is 13.8 Å². The molecule has 1 aromatic heterocycles. The Bertz CT molecular complexity index is 832. The number of cyclic esters (lactones) is 1. The third-order valence-electron chi connectivity index (χ3n) is 4.36. The van der Waals surface area contributed by atoms with Gasteiger partial charge in [-0.2, -0.15) is 0 Å². The fraction of sp³-hybridized carbons (Fsp3) is 0.316. The first-order valence-corrected chi connectivity index (χ1v) is 8.07. The van der Waals surface area contributed by atoms with Crippen molar-refractivity contribution >= 4 is 11.9 Å². The molecule has 1 aliphatic heterocycles. The first-order valence-electron chi connectivity index (χ1n) is 8.07. The Morgan fingerprint density at radius 3 is 2.88 bits per heavy atom. The number of nitrogens with zero attached hydrogens (tertiary/aromatic N) is 1. The molecule has 1 atom stereocenters. The maximum atomic E-state index is 12.4. The molecule has 0 saturated heterocycles. The molecular weight excluding hydrogens is 320 g/mol. The van der Waals surface area contributed by atoms with E-state index in [1.54, 1.807) is 25.4 Å². The van der Waals surface area contributed by atoms with Crippen LogP contribution in [0.15, 0.2) is 30.5 Å². The van der Waals surface area contributed by atoms with E-state index in [-0.39, 0.29) is 12.5 Å². The molecule has 1 N–H and O–H groups in total. The second kappa shape index (κ2) is 6.93. The standard InChI is InChI=1S/C19H20N2O4/c1-11-9-20-15(12(2)17(11)24-3)10-21-18(22)16-8-13-6-4-5-7-14(13)19(23)25-16/h4-7,9,16H,8,10H2,1-3H3,(H,21,22)/t16-/m1/s1. The number of methoxy groups -OCH3 is 1. The zero-order valence-electron chi connectivity index (χ0n) is 14.5. The summed E-state index contributed by atoms with van der Waals surface area (Å²) in [6.45, 7) is 4.06. The Balaban J connectivity index is 1.69. The van der Waals surface area contributed by atoms with Gasteiger partial charge in [-0.1, -0.05) is 18.2 Å². The third-order valence-corrected chi connectivity index (χ3v) is 4.36. The number of carbonyl (C=O) groups excluding carboxylic acids is 2. The number of aromatic nitrogens is 1. The van der Waals surface area contributed by atoms with Crippen LogP contribution in [0.3, 0.4) is 0 Å². The third kappa shape index (κ3) is 3.33. The summed E-state index contributed by atoms with van der Waals surface area (Å²) in [4.78, 5) is 28.8. The molecule has 1 aromatic carbocycles. The molecule has 0 radical (unpaired) electrons. The number of hydrogen-bond acceptors (Lipinski definition) is 5. The fourth-order valence-corrected chi connectivity index (χ4v) is 3.01. The summed E-state index contributed by atoms with van der Waals surface area (Å²) in [5, 5.41) is 2.80. The molecule has 25 heavy (non-hydrogen) atoms. The summed E-state index contributed by atoms with van der Waals surface area (Å²) < 4.78 is 10.6. The Hall–Kier alpha value is -2.89. The number of esters is 1. The van der Waals surface area contributed by atoms with Crippen molar-refractivity contribution in [3.05, 3.63) is 58.4 Å². The highest BCUT2D eigenvalue weighted by atomic mass is 16.5. The van der Waals surface area contributed by atoms with Crippen molar-refractivity contribution in [1.29, 1.82) is 0 Å². The van der Waals surface area contributed by atoms with Crippen molar-refractivity contribution in [3.63, 3.8) is 0 Å². The van der Waals surface area contributed by atoms with Gasteiger partial charge in [0.25, 0.3) is 5.91 Å². The Labute approximate surface area is 146 Å². The average Bonchev–Trinajstić information content (AvgIpc) is 2.61. The van der Waals surface area contributed by atoms with E-state index in [4.69, 9.17) is 9.47 Å². The Kier molecular flexibility index (Phi) is 4.70. The molecule has 0 bridgehead atoms. The van der Waals surface area contributed by atoms with Gasteiger partial charge in [0.1, 0.15) is 5.75 Å². The van der Waals surface area contributed by atoms with Crippen LogP contribution in [0.4, 0.5) is 0 Å². The van der Waals surface area contributed by atoms with Crippen LogP contribution in [0.25, 0.3) is 0 Å².